The summed E-state index contributed by atoms with van der Waals surface area (Å²) in [5.74, 6) is -1.48. The number of Topliss-reactive ketones (excluding diaryl/α,β-unsaturated/α-hetero) is 1. The highest BCUT2D eigenvalue weighted by atomic mass is 16.6. The lowest BCUT2D eigenvalue weighted by atomic mass is 9.65. The number of unbranched alkanes of at least 4 members (excludes halogenated alkanes) is 32. The monoisotopic (exact) mass is 1250 g/mol. The molecule has 0 aliphatic rings. The lowest BCUT2D eigenvalue weighted by molar-refractivity contribution is -0.155. The van der Waals surface area contributed by atoms with Crippen molar-refractivity contribution in [3.05, 3.63) is 0 Å². The smallest absolute Gasteiger partial charge is 0.239 e. The maximum absolute atomic E-state index is 13.3. The van der Waals surface area contributed by atoms with Gasteiger partial charge in [0.25, 0.3) is 0 Å². The molecule has 16 heteroatoms. The Kier molecular flexibility index (Phi) is 54.1. The van der Waals surface area contributed by atoms with Gasteiger partial charge in [-0.1, -0.05) is 248 Å². The highest BCUT2D eigenvalue weighted by molar-refractivity contribution is 5.91. The molecular weight excluding hydrogens is 1110 g/mol. The third kappa shape index (κ3) is 50.9. The number of hydrogen-bond acceptors (Lipinski definition) is 12. The Hall–Kier alpha value is -2.73. The van der Waals surface area contributed by atoms with Crippen molar-refractivity contribution in [3.8, 4) is 0 Å². The van der Waals surface area contributed by atoms with Crippen LogP contribution in [0, 0.1) is 10.8 Å². The summed E-state index contributed by atoms with van der Waals surface area (Å²) in [4.78, 5) is 61.3. The number of ketones is 1. The van der Waals surface area contributed by atoms with Crippen molar-refractivity contribution in [1.29, 1.82) is 0 Å². The first kappa shape index (κ1) is 85.3. The van der Waals surface area contributed by atoms with Crippen LogP contribution < -0.4 is 26.6 Å². The van der Waals surface area contributed by atoms with Gasteiger partial charge in [0.2, 0.25) is 30.0 Å². The fourth-order valence-corrected chi connectivity index (χ4v) is 10.5. The van der Waals surface area contributed by atoms with Gasteiger partial charge in [0.05, 0.1) is 50.7 Å². The Morgan fingerprint density at radius 3 is 1.35 bits per heavy atom. The predicted octanol–water partition coefficient (Wildman–Crippen LogP) is 15.2. The van der Waals surface area contributed by atoms with Crippen molar-refractivity contribution in [3.63, 3.8) is 0 Å². The molecule has 0 spiro atoms. The van der Waals surface area contributed by atoms with Gasteiger partial charge in [-0.2, -0.15) is 0 Å². The van der Waals surface area contributed by atoms with E-state index in [2.05, 4.69) is 54.3 Å². The molecule has 88 heavy (non-hydrogen) atoms. The SMILES string of the molecule is CCCCCCCCCCCCCCCCCCOCC(COC(O)NCCCCCC(=O)NCCC(C)(CC)OCC(C)(C)OCCC(C)(C)C(C)(C)C(=O)NCC(=O)NCC(=O)NCC(C)=O)OCCCCCCCCCCCCCCCCCC. The van der Waals surface area contributed by atoms with Gasteiger partial charge in [-0.25, -0.2) is 0 Å². The zero-order valence-corrected chi connectivity index (χ0v) is 59.0. The molecule has 520 valence electrons. The van der Waals surface area contributed by atoms with E-state index >= 15 is 0 Å². The molecule has 0 aromatic carbocycles. The zero-order valence-electron chi connectivity index (χ0n) is 59.0. The summed E-state index contributed by atoms with van der Waals surface area (Å²) >= 11 is 0. The van der Waals surface area contributed by atoms with Gasteiger partial charge in [0.15, 0.2) is 0 Å². The third-order valence-electron chi connectivity index (χ3n) is 18.0. The number of carbonyl (C=O) groups excluding carboxylic acids is 5. The second-order valence-corrected chi connectivity index (χ2v) is 27.6. The van der Waals surface area contributed by atoms with E-state index in [4.69, 9.17) is 23.7 Å². The molecule has 0 rings (SSSR count). The topological polar surface area (TPSA) is 212 Å². The highest BCUT2D eigenvalue weighted by Gasteiger charge is 2.43. The normalized spacial score (nSPS) is 13.5. The van der Waals surface area contributed by atoms with Crippen LogP contribution in [0.2, 0.25) is 0 Å². The van der Waals surface area contributed by atoms with E-state index in [1.807, 2.05) is 41.5 Å². The molecule has 4 amide bonds. The summed E-state index contributed by atoms with van der Waals surface area (Å²) in [6.07, 6.45) is 46.3. The molecule has 16 nitrogen and oxygen atoms in total. The summed E-state index contributed by atoms with van der Waals surface area (Å²) in [7, 11) is 0. The number of rotatable bonds is 66. The lowest BCUT2D eigenvalue weighted by Gasteiger charge is -2.41. The fraction of sp³-hybridized carbons (Fsp3) is 0.931. The number of ether oxygens (including phenoxy) is 5. The zero-order chi connectivity index (χ0) is 65.5. The Bertz CT molecular complexity index is 1700. The van der Waals surface area contributed by atoms with E-state index in [0.29, 0.717) is 58.8 Å². The molecule has 0 aromatic heterocycles. The van der Waals surface area contributed by atoms with Crippen LogP contribution in [0.15, 0.2) is 0 Å². The molecule has 3 unspecified atom stereocenters. The average Bonchev–Trinajstić information content (AvgIpc) is 3.57. The van der Waals surface area contributed by atoms with E-state index in [-0.39, 0.29) is 49.9 Å². The van der Waals surface area contributed by atoms with Crippen LogP contribution in [0.5, 0.6) is 0 Å². The van der Waals surface area contributed by atoms with E-state index in [1.165, 1.54) is 200 Å². The second kappa shape index (κ2) is 55.9. The van der Waals surface area contributed by atoms with Crippen LogP contribution in [0.3, 0.4) is 0 Å². The van der Waals surface area contributed by atoms with Gasteiger partial charge < -0.3 is 50.1 Å². The summed E-state index contributed by atoms with van der Waals surface area (Å²) < 4.78 is 31.0. The summed E-state index contributed by atoms with van der Waals surface area (Å²) in [5, 5.41) is 24.4. The number of aliphatic hydroxyl groups excluding tert-OH is 1. The number of hydrogen-bond donors (Lipinski definition) is 6. The highest BCUT2D eigenvalue weighted by Crippen LogP contribution is 2.42. The third-order valence-corrected chi connectivity index (χ3v) is 18.0. The summed E-state index contributed by atoms with van der Waals surface area (Å²) in [5.41, 5.74) is -2.45. The van der Waals surface area contributed by atoms with Crippen molar-refractivity contribution in [2.45, 2.75) is 350 Å². The van der Waals surface area contributed by atoms with Gasteiger partial charge >= 0.3 is 0 Å². The molecule has 0 saturated heterocycles. The quantitative estimate of drug-likeness (QED) is 0.0248. The number of carbonyl (C=O) groups is 5. The van der Waals surface area contributed by atoms with Crippen molar-refractivity contribution in [2.75, 3.05) is 72.4 Å². The van der Waals surface area contributed by atoms with Gasteiger partial charge in [0.1, 0.15) is 11.9 Å². The van der Waals surface area contributed by atoms with E-state index in [0.717, 1.165) is 45.1 Å². The van der Waals surface area contributed by atoms with Gasteiger partial charge in [-0.3, -0.25) is 29.3 Å². The second-order valence-electron chi connectivity index (χ2n) is 27.6. The molecule has 0 aliphatic carbocycles. The van der Waals surface area contributed by atoms with Crippen molar-refractivity contribution < 1.29 is 52.8 Å². The molecular formula is C72H141N5O11. The van der Waals surface area contributed by atoms with E-state index in [1.54, 1.807) is 0 Å². The van der Waals surface area contributed by atoms with Gasteiger partial charge in [-0.15, -0.1) is 0 Å². The first-order valence-electron chi connectivity index (χ1n) is 36.2. The van der Waals surface area contributed by atoms with Crippen molar-refractivity contribution in [2.24, 2.45) is 10.8 Å². The lowest BCUT2D eigenvalue weighted by Crippen LogP contribution is -2.50. The van der Waals surface area contributed by atoms with Crippen LogP contribution >= 0.6 is 0 Å². The van der Waals surface area contributed by atoms with Crippen LogP contribution in [-0.4, -0.2) is 131 Å². The minimum absolute atomic E-state index is 0.00935. The fourth-order valence-electron chi connectivity index (χ4n) is 10.5. The van der Waals surface area contributed by atoms with Crippen molar-refractivity contribution >= 4 is 29.4 Å². The number of amides is 4. The van der Waals surface area contributed by atoms with Crippen LogP contribution in [0.25, 0.3) is 0 Å². The van der Waals surface area contributed by atoms with Gasteiger partial charge in [-0.05, 0) is 84.6 Å². The maximum Gasteiger partial charge on any atom is 0.239 e. The summed E-state index contributed by atoms with van der Waals surface area (Å²) in [6.45, 7) is 24.9. The standard InChI is InChI=1S/C72H141N5O11/c1-12-15-17-19-21-23-25-27-29-31-33-35-37-39-41-46-53-84-59-63(85-54-47-42-40-38-36-34-32-30-28-26-24-22-20-18-16-13-2)60-86-68(83)74-51-45-43-44-48-64(79)73-52-49-72(11,14-3)88-61-70(7,8)87-55-50-69(5,6)71(9,10)67(82)77-58-66(81)76-57-65(80)75-56-62(4)78/h63,68,74,83H,12-61H2,1-11H3,(H,73,79)(H,75,80)(H,76,81)(H,77,82). The van der Waals surface area contributed by atoms with Crippen LogP contribution in [-0.2, 0) is 47.7 Å². The molecule has 3 atom stereocenters. The Labute approximate surface area is 540 Å². The van der Waals surface area contributed by atoms with Crippen LogP contribution in [0.1, 0.15) is 327 Å². The first-order chi connectivity index (χ1) is 42.1. The molecule has 0 fully saturated rings. The molecule has 0 radical (unpaired) electrons. The minimum Gasteiger partial charge on any atom is -0.379 e. The maximum atomic E-state index is 13.3. The number of nitrogens with one attached hydrogen (secondary N) is 5. The van der Waals surface area contributed by atoms with Crippen LogP contribution in [0.4, 0.5) is 0 Å². The Morgan fingerprint density at radius 2 is 0.875 bits per heavy atom. The van der Waals surface area contributed by atoms with Crippen molar-refractivity contribution in [1.82, 2.24) is 26.6 Å². The first-order valence-corrected chi connectivity index (χ1v) is 36.2. The molecule has 6 N–H and O–H groups in total. The number of aliphatic hydroxyl groups is 1. The van der Waals surface area contributed by atoms with Gasteiger partial charge in [0, 0.05) is 38.2 Å². The summed E-state index contributed by atoms with van der Waals surface area (Å²) in [6, 6.07) is 0. The van der Waals surface area contributed by atoms with E-state index < -0.39 is 40.3 Å². The minimum atomic E-state index is -1.10. The molecule has 0 saturated carbocycles. The molecule has 0 aromatic rings. The molecule has 0 heterocycles. The largest absolute Gasteiger partial charge is 0.379 e. The molecule has 0 bridgehead atoms. The Morgan fingerprint density at radius 1 is 0.432 bits per heavy atom. The van der Waals surface area contributed by atoms with E-state index in [9.17, 15) is 29.1 Å². The molecule has 0 aliphatic heterocycles. The average molecular weight is 1250 g/mol. The predicted molar refractivity (Wildman–Crippen MR) is 362 cm³/mol. The Balaban J connectivity index is 4.61.